The number of rotatable bonds is 6. The van der Waals surface area contributed by atoms with Gasteiger partial charge in [0.25, 0.3) is 0 Å². The van der Waals surface area contributed by atoms with Crippen LogP contribution in [-0.2, 0) is 0 Å². The molecule has 112 valence electrons. The van der Waals surface area contributed by atoms with Gasteiger partial charge >= 0.3 is 0 Å². The predicted molar refractivity (Wildman–Crippen MR) is 92.7 cm³/mol. The molecule has 1 N–H and O–H groups in total. The molecular weight excluding hydrogens is 254 g/mol. The molecule has 1 nitrogen and oxygen atoms in total. The zero-order valence-corrected chi connectivity index (χ0v) is 13.7. The van der Waals surface area contributed by atoms with Gasteiger partial charge in [-0.2, -0.15) is 0 Å². The number of benzene rings is 2. The monoisotopic (exact) mass is 281 g/mol. The van der Waals surface area contributed by atoms with Gasteiger partial charge in [0.2, 0.25) is 0 Å². The fourth-order valence-electron chi connectivity index (χ4n) is 2.53. The standard InChI is InChI=1S/C20H27N/c1-5-13-21-16(4)19-7-6-8-20(14-19)18-11-9-17(10-12-18)15(2)3/h6-12,14-16,21H,5,13H2,1-4H3. The molecule has 1 heteroatoms. The van der Waals surface area contributed by atoms with Gasteiger partial charge in [-0.1, -0.05) is 63.2 Å². The largest absolute Gasteiger partial charge is 0.310 e. The van der Waals surface area contributed by atoms with E-state index < -0.39 is 0 Å². The summed E-state index contributed by atoms with van der Waals surface area (Å²) >= 11 is 0. The predicted octanol–water partition coefficient (Wildman–Crippen LogP) is 5.54. The molecule has 1 atom stereocenters. The van der Waals surface area contributed by atoms with E-state index >= 15 is 0 Å². The maximum Gasteiger partial charge on any atom is 0.0292 e. The molecule has 1 unspecified atom stereocenters. The van der Waals surface area contributed by atoms with Crippen LogP contribution in [0.4, 0.5) is 0 Å². The molecule has 0 fully saturated rings. The van der Waals surface area contributed by atoms with Gasteiger partial charge in [0, 0.05) is 6.04 Å². The van der Waals surface area contributed by atoms with Crippen LogP contribution >= 0.6 is 0 Å². The van der Waals surface area contributed by atoms with Crippen molar-refractivity contribution in [2.75, 3.05) is 6.54 Å². The first-order valence-corrected chi connectivity index (χ1v) is 8.05. The van der Waals surface area contributed by atoms with E-state index in [1.165, 1.54) is 28.7 Å². The smallest absolute Gasteiger partial charge is 0.0292 e. The lowest BCUT2D eigenvalue weighted by molar-refractivity contribution is 0.571. The van der Waals surface area contributed by atoms with E-state index in [2.05, 4.69) is 81.5 Å². The molecule has 0 bridgehead atoms. The Bertz CT molecular complexity index is 554. The first-order valence-electron chi connectivity index (χ1n) is 8.05. The quantitative estimate of drug-likeness (QED) is 0.733. The van der Waals surface area contributed by atoms with Crippen molar-refractivity contribution in [3.05, 3.63) is 59.7 Å². The van der Waals surface area contributed by atoms with Crippen LogP contribution < -0.4 is 5.32 Å². The van der Waals surface area contributed by atoms with Crippen molar-refractivity contribution in [3.63, 3.8) is 0 Å². The van der Waals surface area contributed by atoms with Gasteiger partial charge in [-0.05, 0) is 54.1 Å². The van der Waals surface area contributed by atoms with Crippen molar-refractivity contribution >= 4 is 0 Å². The van der Waals surface area contributed by atoms with E-state index in [0.29, 0.717) is 12.0 Å². The molecular formula is C20H27N. The minimum Gasteiger partial charge on any atom is -0.310 e. The molecule has 0 aliphatic carbocycles. The van der Waals surface area contributed by atoms with Gasteiger partial charge in [0.15, 0.2) is 0 Å². The highest BCUT2D eigenvalue weighted by molar-refractivity contribution is 5.64. The summed E-state index contributed by atoms with van der Waals surface area (Å²) in [4.78, 5) is 0. The third kappa shape index (κ3) is 4.18. The normalized spacial score (nSPS) is 12.6. The molecule has 0 aliphatic heterocycles. The minimum absolute atomic E-state index is 0.403. The van der Waals surface area contributed by atoms with Crippen molar-refractivity contribution in [2.45, 2.75) is 46.1 Å². The summed E-state index contributed by atoms with van der Waals surface area (Å²) in [7, 11) is 0. The lowest BCUT2D eigenvalue weighted by atomic mass is 9.97. The summed E-state index contributed by atoms with van der Waals surface area (Å²) in [6.07, 6.45) is 1.17. The van der Waals surface area contributed by atoms with Crippen molar-refractivity contribution in [2.24, 2.45) is 0 Å². The van der Waals surface area contributed by atoms with Crippen molar-refractivity contribution in [3.8, 4) is 11.1 Å². The second kappa shape index (κ2) is 7.42. The maximum absolute atomic E-state index is 3.55. The summed E-state index contributed by atoms with van der Waals surface area (Å²) in [5, 5.41) is 3.55. The van der Waals surface area contributed by atoms with Crippen molar-refractivity contribution < 1.29 is 0 Å². The lowest BCUT2D eigenvalue weighted by Gasteiger charge is -2.15. The van der Waals surface area contributed by atoms with Gasteiger partial charge in [-0.15, -0.1) is 0 Å². The van der Waals surface area contributed by atoms with Crippen LogP contribution in [0.5, 0.6) is 0 Å². The Morgan fingerprint density at radius 1 is 0.857 bits per heavy atom. The summed E-state index contributed by atoms with van der Waals surface area (Å²) < 4.78 is 0. The summed E-state index contributed by atoms with van der Waals surface area (Å²) in [6, 6.07) is 18.2. The van der Waals surface area contributed by atoms with Crippen LogP contribution in [0.1, 0.15) is 57.2 Å². The molecule has 2 aromatic rings. The maximum atomic E-state index is 3.55. The molecule has 0 heterocycles. The average molecular weight is 281 g/mol. The highest BCUT2D eigenvalue weighted by atomic mass is 14.9. The van der Waals surface area contributed by atoms with E-state index in [9.17, 15) is 0 Å². The Kier molecular flexibility index (Phi) is 5.58. The zero-order chi connectivity index (χ0) is 15.2. The highest BCUT2D eigenvalue weighted by Crippen LogP contribution is 2.25. The SMILES string of the molecule is CCCNC(C)c1cccc(-c2ccc(C(C)C)cc2)c1. The Morgan fingerprint density at radius 2 is 1.57 bits per heavy atom. The van der Waals surface area contributed by atoms with E-state index in [1.54, 1.807) is 0 Å². The summed E-state index contributed by atoms with van der Waals surface area (Å²) in [5.41, 5.74) is 5.35. The van der Waals surface area contributed by atoms with E-state index in [1.807, 2.05) is 0 Å². The second-order valence-corrected chi connectivity index (χ2v) is 6.08. The molecule has 2 aromatic carbocycles. The molecule has 2 rings (SSSR count). The summed E-state index contributed by atoms with van der Waals surface area (Å²) in [5.74, 6) is 0.587. The Labute approximate surface area is 129 Å². The van der Waals surface area contributed by atoms with Crippen LogP contribution in [0, 0.1) is 0 Å². The van der Waals surface area contributed by atoms with Gasteiger partial charge in [-0.25, -0.2) is 0 Å². The van der Waals surface area contributed by atoms with E-state index in [-0.39, 0.29) is 0 Å². The first-order chi connectivity index (χ1) is 10.1. The molecule has 0 radical (unpaired) electrons. The van der Waals surface area contributed by atoms with Crippen LogP contribution in [0.2, 0.25) is 0 Å². The Hall–Kier alpha value is -1.60. The van der Waals surface area contributed by atoms with Gasteiger partial charge < -0.3 is 5.32 Å². The van der Waals surface area contributed by atoms with Crippen LogP contribution in [0.25, 0.3) is 11.1 Å². The Balaban J connectivity index is 2.20. The minimum atomic E-state index is 0.403. The average Bonchev–Trinajstić information content (AvgIpc) is 2.52. The number of hydrogen-bond donors (Lipinski definition) is 1. The van der Waals surface area contributed by atoms with E-state index in [4.69, 9.17) is 0 Å². The number of hydrogen-bond acceptors (Lipinski definition) is 1. The van der Waals surface area contributed by atoms with Crippen LogP contribution in [0.3, 0.4) is 0 Å². The third-order valence-corrected chi connectivity index (χ3v) is 4.00. The molecule has 21 heavy (non-hydrogen) atoms. The molecule has 0 spiro atoms. The van der Waals surface area contributed by atoms with Gasteiger partial charge in [0.05, 0.1) is 0 Å². The zero-order valence-electron chi connectivity index (χ0n) is 13.7. The van der Waals surface area contributed by atoms with Crippen LogP contribution in [-0.4, -0.2) is 6.54 Å². The fraction of sp³-hybridized carbons (Fsp3) is 0.400. The first kappa shape index (κ1) is 15.8. The fourth-order valence-corrected chi connectivity index (χ4v) is 2.53. The number of nitrogens with one attached hydrogen (secondary N) is 1. The molecule has 0 saturated carbocycles. The van der Waals surface area contributed by atoms with Crippen LogP contribution in [0.15, 0.2) is 48.5 Å². The van der Waals surface area contributed by atoms with E-state index in [0.717, 1.165) is 6.54 Å². The molecule has 0 aromatic heterocycles. The molecule has 0 amide bonds. The third-order valence-electron chi connectivity index (χ3n) is 4.00. The van der Waals surface area contributed by atoms with Gasteiger partial charge in [0.1, 0.15) is 0 Å². The summed E-state index contributed by atoms with van der Waals surface area (Å²) in [6.45, 7) is 9.96. The second-order valence-electron chi connectivity index (χ2n) is 6.08. The lowest BCUT2D eigenvalue weighted by Crippen LogP contribution is -2.19. The highest BCUT2D eigenvalue weighted by Gasteiger charge is 2.06. The van der Waals surface area contributed by atoms with Gasteiger partial charge in [-0.3, -0.25) is 0 Å². The topological polar surface area (TPSA) is 12.0 Å². The molecule has 0 aliphatic rings. The molecule has 0 saturated heterocycles. The van der Waals surface area contributed by atoms with Crippen molar-refractivity contribution in [1.29, 1.82) is 0 Å². The Morgan fingerprint density at radius 3 is 2.19 bits per heavy atom. The van der Waals surface area contributed by atoms with Crippen molar-refractivity contribution in [1.82, 2.24) is 5.32 Å².